The van der Waals surface area contributed by atoms with Gasteiger partial charge in [0.25, 0.3) is 0 Å². The highest BCUT2D eigenvalue weighted by Gasteiger charge is 2.32. The quantitative estimate of drug-likeness (QED) is 0.691. The number of benzene rings is 1. The van der Waals surface area contributed by atoms with Crippen molar-refractivity contribution in [1.29, 1.82) is 0 Å². The lowest BCUT2D eigenvalue weighted by Gasteiger charge is -2.26. The van der Waals surface area contributed by atoms with Crippen LogP contribution in [-0.4, -0.2) is 40.1 Å². The summed E-state index contributed by atoms with van der Waals surface area (Å²) in [4.78, 5) is 23.1. The Kier molecular flexibility index (Phi) is 2.86. The molecule has 2 rings (SSSR count). The molecule has 1 aromatic rings. The van der Waals surface area contributed by atoms with Crippen LogP contribution in [0, 0.1) is 0 Å². The summed E-state index contributed by atoms with van der Waals surface area (Å²) in [5.41, 5.74) is 0.714. The predicted octanol–water partition coefficient (Wildman–Crippen LogP) is 0.435. The number of ketones is 1. The number of sulfonamides is 1. The van der Waals surface area contributed by atoms with Gasteiger partial charge in [0.15, 0.2) is 5.78 Å². The number of fused-ring (bicyclic) bond motifs is 1. The predicted molar refractivity (Wildman–Crippen MR) is 64.3 cm³/mol. The number of anilines is 1. The molecule has 0 N–H and O–H groups in total. The molecule has 0 aliphatic carbocycles. The van der Waals surface area contributed by atoms with Crippen LogP contribution in [0.1, 0.15) is 20.7 Å². The number of nitrogens with zero attached hydrogens (tertiary/aromatic N) is 1. The maximum absolute atomic E-state index is 11.8. The van der Waals surface area contributed by atoms with Crippen molar-refractivity contribution < 1.29 is 22.7 Å². The monoisotopic (exact) mass is 269 g/mol. The summed E-state index contributed by atoms with van der Waals surface area (Å²) in [5.74, 6) is -1.67. The van der Waals surface area contributed by atoms with Crippen molar-refractivity contribution in [2.75, 3.05) is 24.2 Å². The number of carbonyl (C=O) groups excluding carboxylic acids is 2. The number of rotatable bonds is 1. The Morgan fingerprint density at radius 3 is 2.67 bits per heavy atom. The van der Waals surface area contributed by atoms with Crippen molar-refractivity contribution in [1.82, 2.24) is 0 Å². The van der Waals surface area contributed by atoms with Crippen LogP contribution in [0.4, 0.5) is 5.69 Å². The average molecular weight is 269 g/mol. The third-order valence-corrected chi connectivity index (χ3v) is 4.45. The van der Waals surface area contributed by atoms with E-state index < -0.39 is 27.5 Å². The van der Waals surface area contributed by atoms with E-state index in [-0.39, 0.29) is 16.8 Å². The lowest BCUT2D eigenvalue weighted by Crippen LogP contribution is -2.38. The van der Waals surface area contributed by atoms with Gasteiger partial charge in [-0.15, -0.1) is 0 Å². The molecule has 18 heavy (non-hydrogen) atoms. The molecular weight excluding hydrogens is 258 g/mol. The fraction of sp³-hybridized carbons (Fsp3) is 0.273. The van der Waals surface area contributed by atoms with E-state index in [0.717, 1.165) is 4.31 Å². The van der Waals surface area contributed by atoms with Crippen molar-refractivity contribution in [3.63, 3.8) is 0 Å². The Morgan fingerprint density at radius 2 is 2.06 bits per heavy atom. The first-order valence-corrected chi connectivity index (χ1v) is 6.70. The largest absolute Gasteiger partial charge is 0.465 e. The summed E-state index contributed by atoms with van der Waals surface area (Å²) in [6.07, 6.45) is 0. The Labute approximate surface area is 104 Å². The maximum atomic E-state index is 11.8. The third kappa shape index (κ3) is 1.86. The second kappa shape index (κ2) is 4.09. The van der Waals surface area contributed by atoms with Crippen LogP contribution in [0.15, 0.2) is 18.2 Å². The summed E-state index contributed by atoms with van der Waals surface area (Å²) >= 11 is 0. The van der Waals surface area contributed by atoms with Crippen molar-refractivity contribution in [2.45, 2.75) is 0 Å². The summed E-state index contributed by atoms with van der Waals surface area (Å²) in [5, 5.41) is 0. The highest BCUT2D eigenvalue weighted by molar-refractivity contribution is 7.93. The van der Waals surface area contributed by atoms with Gasteiger partial charge < -0.3 is 4.74 Å². The first-order valence-electron chi connectivity index (χ1n) is 5.09. The van der Waals surface area contributed by atoms with E-state index in [9.17, 15) is 18.0 Å². The molecule has 0 atom stereocenters. The van der Waals surface area contributed by atoms with Crippen LogP contribution in [0.2, 0.25) is 0 Å². The van der Waals surface area contributed by atoms with Gasteiger partial charge in [-0.05, 0) is 18.2 Å². The molecule has 0 saturated carbocycles. The maximum Gasteiger partial charge on any atom is 0.337 e. The highest BCUT2D eigenvalue weighted by Crippen LogP contribution is 2.29. The van der Waals surface area contributed by atoms with Gasteiger partial charge in [-0.3, -0.25) is 9.10 Å². The van der Waals surface area contributed by atoms with Gasteiger partial charge in [0.2, 0.25) is 10.0 Å². The van der Waals surface area contributed by atoms with Crippen molar-refractivity contribution in [3.8, 4) is 0 Å². The second-order valence-electron chi connectivity index (χ2n) is 3.87. The van der Waals surface area contributed by atoms with Crippen molar-refractivity contribution >= 4 is 27.5 Å². The Bertz CT molecular complexity index is 635. The molecule has 1 aliphatic heterocycles. The number of carbonyl (C=O) groups is 2. The lowest BCUT2D eigenvalue weighted by molar-refractivity contribution is 0.0600. The number of ether oxygens (including phenoxy) is 1. The van der Waals surface area contributed by atoms with Gasteiger partial charge >= 0.3 is 5.97 Å². The molecule has 0 unspecified atom stereocenters. The zero-order chi connectivity index (χ0) is 13.5. The molecule has 0 fully saturated rings. The Hall–Kier alpha value is -1.89. The van der Waals surface area contributed by atoms with Crippen LogP contribution >= 0.6 is 0 Å². The summed E-state index contributed by atoms with van der Waals surface area (Å²) in [7, 11) is -0.985. The van der Waals surface area contributed by atoms with E-state index >= 15 is 0 Å². The standard InChI is InChI=1S/C11H11NO5S/c1-12-9-4-3-7(11(14)17-2)5-8(9)10(13)6-18(12,15)16/h3-5H,6H2,1-2H3. The van der Waals surface area contributed by atoms with Gasteiger partial charge in [-0.25, -0.2) is 13.2 Å². The number of hydrogen-bond acceptors (Lipinski definition) is 5. The minimum atomic E-state index is -3.60. The second-order valence-corrected chi connectivity index (χ2v) is 5.87. The molecule has 1 aromatic carbocycles. The Morgan fingerprint density at radius 1 is 1.39 bits per heavy atom. The molecule has 0 aromatic heterocycles. The van der Waals surface area contributed by atoms with E-state index in [0.29, 0.717) is 0 Å². The van der Waals surface area contributed by atoms with E-state index in [1.165, 1.54) is 32.4 Å². The number of Topliss-reactive ketones (excluding diaryl/α,β-unsaturated/α-hetero) is 1. The average Bonchev–Trinajstić information content (AvgIpc) is 2.34. The van der Waals surface area contributed by atoms with Crippen LogP contribution in [0.25, 0.3) is 0 Å². The summed E-state index contributed by atoms with van der Waals surface area (Å²) in [6.45, 7) is 0. The first kappa shape index (κ1) is 12.6. The summed E-state index contributed by atoms with van der Waals surface area (Å²) < 4.78 is 28.9. The highest BCUT2D eigenvalue weighted by atomic mass is 32.2. The topological polar surface area (TPSA) is 80.8 Å². The van der Waals surface area contributed by atoms with Crippen molar-refractivity contribution in [3.05, 3.63) is 29.3 Å². The molecule has 0 bridgehead atoms. The normalized spacial score (nSPS) is 17.2. The van der Waals surface area contributed by atoms with Crippen LogP contribution in [0.3, 0.4) is 0 Å². The fourth-order valence-corrected chi connectivity index (χ4v) is 2.91. The molecule has 7 heteroatoms. The zero-order valence-corrected chi connectivity index (χ0v) is 10.7. The van der Waals surface area contributed by atoms with Gasteiger partial charge in [-0.2, -0.15) is 0 Å². The molecule has 6 nitrogen and oxygen atoms in total. The molecule has 96 valence electrons. The smallest absolute Gasteiger partial charge is 0.337 e. The summed E-state index contributed by atoms with van der Waals surface area (Å²) in [6, 6.07) is 4.21. The molecule has 1 aliphatic rings. The van der Waals surface area contributed by atoms with Crippen molar-refractivity contribution in [2.24, 2.45) is 0 Å². The first-order chi connectivity index (χ1) is 8.36. The number of hydrogen-bond donors (Lipinski definition) is 0. The van der Waals surface area contributed by atoms with Crippen LogP contribution in [-0.2, 0) is 14.8 Å². The molecule has 0 radical (unpaired) electrons. The zero-order valence-electron chi connectivity index (χ0n) is 9.84. The minimum absolute atomic E-state index is 0.218. The molecular formula is C11H11NO5S. The van der Waals surface area contributed by atoms with Crippen LogP contribution < -0.4 is 4.31 Å². The minimum Gasteiger partial charge on any atom is -0.465 e. The molecule has 0 amide bonds. The molecule has 0 saturated heterocycles. The molecule has 0 spiro atoms. The van der Waals surface area contributed by atoms with Crippen LogP contribution in [0.5, 0.6) is 0 Å². The fourth-order valence-electron chi connectivity index (χ4n) is 1.77. The number of esters is 1. The van der Waals surface area contributed by atoms with Gasteiger partial charge in [0.1, 0.15) is 5.75 Å². The van der Waals surface area contributed by atoms with E-state index in [1.54, 1.807) is 0 Å². The SMILES string of the molecule is COC(=O)c1ccc2c(c1)C(=O)CS(=O)(=O)N2C. The van der Waals surface area contributed by atoms with Gasteiger partial charge in [0.05, 0.1) is 18.4 Å². The lowest BCUT2D eigenvalue weighted by atomic mass is 10.1. The molecule has 1 heterocycles. The Balaban J connectivity index is 2.59. The van der Waals surface area contributed by atoms with E-state index in [2.05, 4.69) is 4.74 Å². The van der Waals surface area contributed by atoms with Gasteiger partial charge in [-0.1, -0.05) is 0 Å². The van der Waals surface area contributed by atoms with Gasteiger partial charge in [0, 0.05) is 12.6 Å². The van der Waals surface area contributed by atoms with E-state index in [1.807, 2.05) is 0 Å². The van der Waals surface area contributed by atoms with E-state index in [4.69, 9.17) is 0 Å². The number of methoxy groups -OCH3 is 1. The third-order valence-electron chi connectivity index (χ3n) is 2.79.